The number of methoxy groups -OCH3 is 1. The fourth-order valence-corrected chi connectivity index (χ4v) is 3.52. The first-order chi connectivity index (χ1) is 13.9. The first-order valence-electron chi connectivity index (χ1n) is 8.78. The lowest BCUT2D eigenvalue weighted by molar-refractivity contribution is -0.139. The lowest BCUT2D eigenvalue weighted by Gasteiger charge is -2.31. The largest absolute Gasteiger partial charge is 0.466 e. The van der Waals surface area contributed by atoms with E-state index in [-0.39, 0.29) is 41.0 Å². The number of ether oxygens (including phenoxy) is 3. The van der Waals surface area contributed by atoms with Crippen LogP contribution in [0.2, 0.25) is 10.0 Å². The normalized spacial score (nSPS) is 16.2. The summed E-state index contributed by atoms with van der Waals surface area (Å²) >= 11 is 12.6. The maximum atomic E-state index is 12.9. The summed E-state index contributed by atoms with van der Waals surface area (Å²) in [6, 6.07) is 5.00. The van der Waals surface area contributed by atoms with E-state index in [1.807, 2.05) is 0 Å². The van der Waals surface area contributed by atoms with Crippen LogP contribution in [0.1, 0.15) is 25.3 Å². The van der Waals surface area contributed by atoms with Crippen LogP contribution in [0, 0.1) is 12.3 Å². The summed E-state index contributed by atoms with van der Waals surface area (Å²) in [5.41, 5.74) is 1.78. The van der Waals surface area contributed by atoms with Gasteiger partial charge in [-0.25, -0.2) is 9.59 Å². The van der Waals surface area contributed by atoms with Gasteiger partial charge in [0.15, 0.2) is 0 Å². The van der Waals surface area contributed by atoms with E-state index in [2.05, 4.69) is 11.2 Å². The predicted molar refractivity (Wildman–Crippen MR) is 110 cm³/mol. The molecule has 6 nitrogen and oxygen atoms in total. The molecule has 1 heterocycles. The van der Waals surface area contributed by atoms with Crippen LogP contribution in [0.25, 0.3) is 0 Å². The molecule has 0 spiro atoms. The average molecular weight is 438 g/mol. The number of esters is 2. The minimum absolute atomic E-state index is 0.0127. The molecule has 0 saturated carbocycles. The standard InChI is InChI=1S/C21H21Cl2NO5/c1-5-10-28-11-15-18(21(26)29-6-2)17(13-8-7-9-14(22)19(13)23)16(12(3)24-15)20(25)27-4/h1,7-9,17,24H,6,10-11H2,2-4H3. The molecular weight excluding hydrogens is 417 g/mol. The molecule has 154 valence electrons. The van der Waals surface area contributed by atoms with E-state index in [9.17, 15) is 9.59 Å². The van der Waals surface area contributed by atoms with Crippen LogP contribution in [-0.2, 0) is 23.8 Å². The Morgan fingerprint density at radius 1 is 1.24 bits per heavy atom. The van der Waals surface area contributed by atoms with E-state index in [1.165, 1.54) is 7.11 Å². The van der Waals surface area contributed by atoms with Crippen LogP contribution in [-0.4, -0.2) is 38.9 Å². The number of halogens is 2. The highest BCUT2D eigenvalue weighted by Gasteiger charge is 2.39. The number of carbonyl (C=O) groups is 2. The van der Waals surface area contributed by atoms with Crippen molar-refractivity contribution in [1.82, 2.24) is 5.32 Å². The predicted octanol–water partition coefficient (Wildman–Crippen LogP) is 3.59. The summed E-state index contributed by atoms with van der Waals surface area (Å²) in [4.78, 5) is 25.5. The summed E-state index contributed by atoms with van der Waals surface area (Å²) in [5, 5.41) is 3.56. The van der Waals surface area contributed by atoms with Gasteiger partial charge in [0, 0.05) is 5.70 Å². The van der Waals surface area contributed by atoms with Gasteiger partial charge in [-0.3, -0.25) is 0 Å². The Morgan fingerprint density at radius 3 is 2.59 bits per heavy atom. The van der Waals surface area contributed by atoms with Gasteiger partial charge in [-0.2, -0.15) is 0 Å². The molecule has 8 heteroatoms. The number of rotatable bonds is 7. The molecule has 1 N–H and O–H groups in total. The smallest absolute Gasteiger partial charge is 0.336 e. The number of terminal acetylenes is 1. The lowest BCUT2D eigenvalue weighted by atomic mass is 9.80. The molecule has 0 radical (unpaired) electrons. The Balaban J connectivity index is 2.74. The second-order valence-electron chi connectivity index (χ2n) is 6.04. The molecule has 0 amide bonds. The number of hydrogen-bond acceptors (Lipinski definition) is 6. The molecule has 1 aromatic rings. The van der Waals surface area contributed by atoms with Gasteiger partial charge in [-0.05, 0) is 25.5 Å². The quantitative estimate of drug-likeness (QED) is 0.399. The minimum Gasteiger partial charge on any atom is -0.466 e. The van der Waals surface area contributed by atoms with Gasteiger partial charge in [0.25, 0.3) is 0 Å². The molecule has 1 aliphatic heterocycles. The average Bonchev–Trinajstić information content (AvgIpc) is 2.69. The molecule has 2 rings (SSSR count). The number of benzene rings is 1. The van der Waals surface area contributed by atoms with Gasteiger partial charge in [0.05, 0.1) is 53.1 Å². The van der Waals surface area contributed by atoms with Crippen molar-refractivity contribution in [2.75, 3.05) is 26.9 Å². The third-order valence-electron chi connectivity index (χ3n) is 4.27. The van der Waals surface area contributed by atoms with Gasteiger partial charge in [0.2, 0.25) is 0 Å². The number of allylic oxidation sites excluding steroid dienone is 1. The van der Waals surface area contributed by atoms with Crippen molar-refractivity contribution in [1.29, 1.82) is 0 Å². The molecule has 0 bridgehead atoms. The second-order valence-corrected chi connectivity index (χ2v) is 6.83. The van der Waals surface area contributed by atoms with Crippen molar-refractivity contribution < 1.29 is 23.8 Å². The van der Waals surface area contributed by atoms with E-state index in [0.717, 1.165) is 0 Å². The maximum Gasteiger partial charge on any atom is 0.336 e. The van der Waals surface area contributed by atoms with Crippen LogP contribution in [0.15, 0.2) is 40.7 Å². The number of hydrogen-bond donors (Lipinski definition) is 1. The van der Waals surface area contributed by atoms with E-state index >= 15 is 0 Å². The zero-order valence-electron chi connectivity index (χ0n) is 16.3. The molecular formula is C21H21Cl2NO5. The van der Waals surface area contributed by atoms with Crippen LogP contribution in [0.4, 0.5) is 0 Å². The second kappa shape index (κ2) is 10.4. The summed E-state index contributed by atoms with van der Waals surface area (Å²) in [6.45, 7) is 3.59. The molecule has 1 unspecified atom stereocenters. The SMILES string of the molecule is C#CCOCC1=C(C(=O)OCC)C(c2cccc(Cl)c2Cl)C(C(=O)OC)=C(C)N1. The highest BCUT2D eigenvalue weighted by Crippen LogP contribution is 2.43. The molecule has 0 saturated heterocycles. The van der Waals surface area contributed by atoms with Crippen molar-refractivity contribution >= 4 is 35.1 Å². The van der Waals surface area contributed by atoms with Crippen molar-refractivity contribution in [2.45, 2.75) is 19.8 Å². The molecule has 1 aliphatic rings. The van der Waals surface area contributed by atoms with E-state index in [1.54, 1.807) is 32.0 Å². The van der Waals surface area contributed by atoms with Crippen LogP contribution in [0.5, 0.6) is 0 Å². The molecule has 0 aromatic heterocycles. The van der Waals surface area contributed by atoms with Crippen molar-refractivity contribution in [3.63, 3.8) is 0 Å². The van der Waals surface area contributed by atoms with Gasteiger partial charge in [-0.1, -0.05) is 41.3 Å². The summed E-state index contributed by atoms with van der Waals surface area (Å²) in [6.07, 6.45) is 5.24. The van der Waals surface area contributed by atoms with Crippen LogP contribution >= 0.6 is 23.2 Å². The lowest BCUT2D eigenvalue weighted by Crippen LogP contribution is -2.34. The Labute approximate surface area is 179 Å². The molecule has 0 fully saturated rings. The van der Waals surface area contributed by atoms with Crippen molar-refractivity contribution in [3.05, 3.63) is 56.3 Å². The molecule has 29 heavy (non-hydrogen) atoms. The molecule has 1 aromatic carbocycles. The van der Waals surface area contributed by atoms with Crippen LogP contribution in [0.3, 0.4) is 0 Å². The first kappa shape index (κ1) is 22.8. The summed E-state index contributed by atoms with van der Waals surface area (Å²) in [7, 11) is 1.26. The zero-order valence-corrected chi connectivity index (χ0v) is 17.8. The third kappa shape index (κ3) is 4.94. The Hall–Kier alpha value is -2.46. The van der Waals surface area contributed by atoms with E-state index < -0.39 is 17.9 Å². The number of nitrogens with one attached hydrogen (secondary N) is 1. The highest BCUT2D eigenvalue weighted by molar-refractivity contribution is 6.42. The minimum atomic E-state index is -0.863. The number of carbonyl (C=O) groups excluding carboxylic acids is 2. The van der Waals surface area contributed by atoms with Crippen LogP contribution < -0.4 is 5.32 Å². The molecule has 1 atom stereocenters. The van der Waals surface area contributed by atoms with E-state index in [0.29, 0.717) is 17.0 Å². The Bertz CT molecular complexity index is 914. The number of dihydropyridines is 1. The van der Waals surface area contributed by atoms with Gasteiger partial charge in [-0.15, -0.1) is 6.42 Å². The van der Waals surface area contributed by atoms with E-state index in [4.69, 9.17) is 43.8 Å². The van der Waals surface area contributed by atoms with Gasteiger partial charge >= 0.3 is 11.9 Å². The topological polar surface area (TPSA) is 73.9 Å². The fraction of sp³-hybridized carbons (Fsp3) is 0.333. The monoisotopic (exact) mass is 437 g/mol. The Morgan fingerprint density at radius 2 is 1.97 bits per heavy atom. The maximum absolute atomic E-state index is 12.9. The fourth-order valence-electron chi connectivity index (χ4n) is 3.11. The van der Waals surface area contributed by atoms with Crippen molar-refractivity contribution in [3.8, 4) is 12.3 Å². The third-order valence-corrected chi connectivity index (χ3v) is 5.10. The zero-order chi connectivity index (χ0) is 21.6. The summed E-state index contributed by atoms with van der Waals surface area (Å²) < 4.78 is 15.6. The van der Waals surface area contributed by atoms with Crippen molar-refractivity contribution in [2.24, 2.45) is 0 Å². The van der Waals surface area contributed by atoms with Gasteiger partial charge in [0.1, 0.15) is 6.61 Å². The summed E-state index contributed by atoms with van der Waals surface area (Å²) in [5.74, 6) is 0.281. The molecule has 0 aliphatic carbocycles. The first-order valence-corrected chi connectivity index (χ1v) is 9.54. The highest BCUT2D eigenvalue weighted by atomic mass is 35.5. The Kier molecular flexibility index (Phi) is 8.15. The van der Waals surface area contributed by atoms with Gasteiger partial charge < -0.3 is 19.5 Å².